The first-order valence-electron chi connectivity index (χ1n) is 7.50. The molecule has 0 radical (unpaired) electrons. The molecule has 2 aromatic heterocycles. The molecule has 11 heteroatoms. The van der Waals surface area contributed by atoms with Gasteiger partial charge in [0.15, 0.2) is 25.9 Å². The summed E-state index contributed by atoms with van der Waals surface area (Å²) in [5.41, 5.74) is -0.464. The molecular weight excluding hydrogens is 401 g/mol. The Kier molecular flexibility index (Phi) is 4.91. The Morgan fingerprint density at radius 3 is 2.56 bits per heavy atom. The van der Waals surface area contributed by atoms with Crippen LogP contribution in [0.15, 0.2) is 52.1 Å². The lowest BCUT2D eigenvalue weighted by atomic mass is 10.2. The first-order chi connectivity index (χ1) is 12.6. The fourth-order valence-corrected chi connectivity index (χ4v) is 5.08. The van der Waals surface area contributed by atoms with Crippen LogP contribution in [0.25, 0.3) is 4.90 Å². The molecule has 0 amide bonds. The van der Waals surface area contributed by atoms with Gasteiger partial charge in [0.25, 0.3) is 0 Å². The summed E-state index contributed by atoms with van der Waals surface area (Å²) in [6.07, 6.45) is 0.315. The van der Waals surface area contributed by atoms with Crippen LogP contribution in [0.5, 0.6) is 0 Å². The van der Waals surface area contributed by atoms with E-state index in [0.717, 1.165) is 24.1 Å². The highest BCUT2D eigenvalue weighted by atomic mass is 32.2. The minimum atomic E-state index is -4.80. The number of rotatable bonds is 3. The maximum absolute atomic E-state index is 13.4. The SMILES string of the molecule is Cc1c[s+](-c2ccc(S(C)(=O)=O)c(C(F)(F)F)c2)c(=Nc2cnccn2)[nH]1. The summed E-state index contributed by atoms with van der Waals surface area (Å²) in [6.45, 7) is 1.76. The molecule has 0 spiro atoms. The molecule has 6 nitrogen and oxygen atoms in total. The molecule has 2 heterocycles. The van der Waals surface area contributed by atoms with Crippen LogP contribution in [-0.4, -0.2) is 29.6 Å². The molecule has 1 unspecified atom stereocenters. The highest BCUT2D eigenvalue weighted by molar-refractivity contribution is 7.90. The Morgan fingerprint density at radius 1 is 1.22 bits per heavy atom. The van der Waals surface area contributed by atoms with E-state index in [1.54, 1.807) is 12.3 Å². The number of hydrogen-bond acceptors (Lipinski definition) is 5. The van der Waals surface area contributed by atoms with Gasteiger partial charge in [-0.05, 0) is 19.1 Å². The van der Waals surface area contributed by atoms with Crippen LogP contribution in [0.1, 0.15) is 11.3 Å². The number of sulfone groups is 1. The highest BCUT2D eigenvalue weighted by Crippen LogP contribution is 2.38. The van der Waals surface area contributed by atoms with Crippen LogP contribution < -0.4 is 4.80 Å². The zero-order chi connectivity index (χ0) is 19.8. The van der Waals surface area contributed by atoms with Crippen molar-refractivity contribution in [3.05, 3.63) is 58.2 Å². The average Bonchev–Trinajstić information content (AvgIpc) is 2.94. The van der Waals surface area contributed by atoms with E-state index in [1.807, 2.05) is 0 Å². The summed E-state index contributed by atoms with van der Waals surface area (Å²) < 4.78 is 63.7. The maximum atomic E-state index is 13.4. The van der Waals surface area contributed by atoms with Crippen molar-refractivity contribution in [2.45, 2.75) is 18.0 Å². The molecule has 0 aliphatic heterocycles. The van der Waals surface area contributed by atoms with Crippen LogP contribution in [0.2, 0.25) is 0 Å². The Bertz CT molecular complexity index is 1150. The van der Waals surface area contributed by atoms with E-state index >= 15 is 0 Å². The van der Waals surface area contributed by atoms with Crippen molar-refractivity contribution in [1.29, 1.82) is 0 Å². The van der Waals surface area contributed by atoms with Crippen LogP contribution in [0, 0.1) is 6.92 Å². The number of nitrogens with zero attached hydrogens (tertiary/aromatic N) is 3. The zero-order valence-electron chi connectivity index (χ0n) is 14.1. The number of thiazole rings is 1. The smallest absolute Gasteiger partial charge is 0.294 e. The molecule has 0 bridgehead atoms. The van der Waals surface area contributed by atoms with Gasteiger partial charge in [-0.25, -0.2) is 13.4 Å². The van der Waals surface area contributed by atoms with Crippen LogP contribution in [0.4, 0.5) is 19.0 Å². The van der Waals surface area contributed by atoms with E-state index in [9.17, 15) is 21.6 Å². The molecule has 0 saturated heterocycles. The van der Waals surface area contributed by atoms with Gasteiger partial charge in [0.05, 0.1) is 32.8 Å². The molecule has 27 heavy (non-hydrogen) atoms. The summed E-state index contributed by atoms with van der Waals surface area (Å²) in [7, 11) is -4.95. The number of alkyl halides is 3. The number of aryl methyl sites for hydroxylation is 1. The number of benzene rings is 1. The number of H-pyrrole nitrogens is 1. The molecule has 142 valence electrons. The van der Waals surface area contributed by atoms with Crippen LogP contribution in [0.3, 0.4) is 0 Å². The Morgan fingerprint density at radius 2 is 1.96 bits per heavy atom. The lowest BCUT2D eigenvalue weighted by Crippen LogP contribution is -2.12. The molecule has 1 aromatic carbocycles. The predicted octanol–water partition coefficient (Wildman–Crippen LogP) is 3.51. The zero-order valence-corrected chi connectivity index (χ0v) is 15.8. The third kappa shape index (κ3) is 4.25. The van der Waals surface area contributed by atoms with Crippen molar-refractivity contribution in [2.24, 2.45) is 4.99 Å². The van der Waals surface area contributed by atoms with Crippen LogP contribution in [-0.2, 0) is 16.0 Å². The lowest BCUT2D eigenvalue weighted by molar-refractivity contribution is -0.139. The Hall–Kier alpha value is -2.53. The fraction of sp³-hybridized carbons (Fsp3) is 0.188. The van der Waals surface area contributed by atoms with E-state index in [1.165, 1.54) is 24.7 Å². The summed E-state index contributed by atoms with van der Waals surface area (Å²) in [5.74, 6) is 0.310. The van der Waals surface area contributed by atoms with Gasteiger partial charge in [-0.2, -0.15) is 18.2 Å². The standard InChI is InChI=1S/C16H14F3N4O2S2/c1-10-9-26(15(22-10)23-14-8-20-5-6-21-14)11-3-4-13(27(2,24)25)12(7-11)16(17,18)19/h3-9H,1-2H3,(H,21,22,23)/q+1. The van der Waals surface area contributed by atoms with Crippen molar-refractivity contribution in [3.8, 4) is 4.90 Å². The van der Waals surface area contributed by atoms with E-state index < -0.39 is 36.9 Å². The van der Waals surface area contributed by atoms with Gasteiger partial charge in [0, 0.05) is 24.7 Å². The monoisotopic (exact) mass is 415 g/mol. The first kappa shape index (κ1) is 19.2. The molecule has 1 atom stereocenters. The van der Waals surface area contributed by atoms with Crippen molar-refractivity contribution in [2.75, 3.05) is 6.26 Å². The molecule has 0 fully saturated rings. The Balaban J connectivity index is 2.23. The molecule has 0 aliphatic carbocycles. The van der Waals surface area contributed by atoms with Gasteiger partial charge in [-0.3, -0.25) is 9.97 Å². The minimum Gasteiger partial charge on any atom is -0.294 e. The maximum Gasteiger partial charge on any atom is 0.417 e. The van der Waals surface area contributed by atoms with Gasteiger partial charge >= 0.3 is 11.0 Å². The molecule has 3 rings (SSSR count). The quantitative estimate of drug-likeness (QED) is 0.663. The average molecular weight is 415 g/mol. The summed E-state index contributed by atoms with van der Waals surface area (Å²) in [6, 6.07) is 3.22. The van der Waals surface area contributed by atoms with E-state index in [-0.39, 0.29) is 0 Å². The molecule has 0 aliphatic rings. The van der Waals surface area contributed by atoms with Gasteiger partial charge in [-0.1, -0.05) is 0 Å². The fourth-order valence-electron chi connectivity index (χ4n) is 2.39. The van der Waals surface area contributed by atoms with Gasteiger partial charge in [0.1, 0.15) is 0 Å². The lowest BCUT2D eigenvalue weighted by Gasteiger charge is -2.11. The topological polar surface area (TPSA) is 88.1 Å². The molecular formula is C16H14F3N4O2S2+. The highest BCUT2D eigenvalue weighted by Gasteiger charge is 2.37. The second-order valence-electron chi connectivity index (χ2n) is 5.67. The predicted molar refractivity (Wildman–Crippen MR) is 94.7 cm³/mol. The second-order valence-corrected chi connectivity index (χ2v) is 9.43. The van der Waals surface area contributed by atoms with E-state index in [4.69, 9.17) is 0 Å². The Labute approximate surface area is 155 Å². The first-order valence-corrected chi connectivity index (χ1v) is 10.7. The third-order valence-electron chi connectivity index (χ3n) is 3.48. The third-order valence-corrected chi connectivity index (χ3v) is 6.60. The van der Waals surface area contributed by atoms with Crippen LogP contribution >= 0.6 is 10.5 Å². The van der Waals surface area contributed by atoms with Crippen molar-refractivity contribution in [3.63, 3.8) is 0 Å². The van der Waals surface area contributed by atoms with Crippen molar-refractivity contribution in [1.82, 2.24) is 15.0 Å². The van der Waals surface area contributed by atoms with E-state index in [0.29, 0.717) is 15.5 Å². The molecule has 0 saturated carbocycles. The molecule has 3 aromatic rings. The number of aromatic amines is 1. The number of halogens is 3. The summed E-state index contributed by atoms with van der Waals surface area (Å²) in [5, 5.41) is 1.74. The number of hydrogen-bond donors (Lipinski definition) is 1. The van der Waals surface area contributed by atoms with Crippen molar-refractivity contribution >= 4 is 26.1 Å². The van der Waals surface area contributed by atoms with Gasteiger partial charge in [-0.15, -0.1) is 0 Å². The van der Waals surface area contributed by atoms with Gasteiger partial charge < -0.3 is 0 Å². The summed E-state index contributed by atoms with van der Waals surface area (Å²) >= 11 is 0. The summed E-state index contributed by atoms with van der Waals surface area (Å²) in [4.78, 5) is 15.2. The largest absolute Gasteiger partial charge is 0.417 e. The normalized spacial score (nSPS) is 13.8. The second kappa shape index (κ2) is 6.89. The molecule has 1 N–H and O–H groups in total. The number of aromatic nitrogens is 3. The van der Waals surface area contributed by atoms with Gasteiger partial charge in [0.2, 0.25) is 0 Å². The van der Waals surface area contributed by atoms with Crippen molar-refractivity contribution < 1.29 is 21.6 Å². The van der Waals surface area contributed by atoms with E-state index in [2.05, 4.69) is 19.9 Å². The minimum absolute atomic E-state index is 0.293. The number of nitrogens with one attached hydrogen (secondary N) is 1.